The maximum absolute atomic E-state index is 11.1. The molecule has 0 fully saturated rings. The number of hydrogen-bond acceptors (Lipinski definition) is 5. The molecule has 0 amide bonds. The predicted molar refractivity (Wildman–Crippen MR) is 106 cm³/mol. The van der Waals surface area contributed by atoms with Gasteiger partial charge in [0.1, 0.15) is 0 Å². The Morgan fingerprint density at radius 2 is 1.44 bits per heavy atom. The molecule has 0 saturated heterocycles. The average molecular weight is 377 g/mol. The van der Waals surface area contributed by atoms with Crippen molar-refractivity contribution < 1.29 is 14.6 Å². The summed E-state index contributed by atoms with van der Waals surface area (Å²) >= 11 is 0. The first-order valence-electron chi connectivity index (χ1n) is 9.34. The fourth-order valence-corrected chi connectivity index (χ4v) is 2.30. The molecule has 7 heteroatoms. The van der Waals surface area contributed by atoms with Gasteiger partial charge in [-0.05, 0) is 44.3 Å². The van der Waals surface area contributed by atoms with Gasteiger partial charge in [0.25, 0.3) is 0 Å². The molecule has 0 bridgehead atoms. The van der Waals surface area contributed by atoms with Crippen LogP contribution in [-0.4, -0.2) is 16.1 Å². The third-order valence-electron chi connectivity index (χ3n) is 3.79. The quantitative estimate of drug-likeness (QED) is 0.154. The van der Waals surface area contributed by atoms with Gasteiger partial charge < -0.3 is 0 Å². The summed E-state index contributed by atoms with van der Waals surface area (Å²) in [5, 5.41) is 22.0. The summed E-state index contributed by atoms with van der Waals surface area (Å²) in [6.45, 7) is 1.96. The van der Waals surface area contributed by atoms with Crippen LogP contribution in [0, 0.1) is 20.2 Å². The van der Waals surface area contributed by atoms with E-state index in [2.05, 4.69) is 0 Å². The monoisotopic (exact) mass is 377 g/mol. The number of allylic oxidation sites excluding steroid dienone is 6. The van der Waals surface area contributed by atoms with Gasteiger partial charge in [0, 0.05) is 6.42 Å². The Kier molecular flexibility index (Phi) is 15.3. The van der Waals surface area contributed by atoms with Gasteiger partial charge in [-0.2, -0.15) is 0 Å². The van der Waals surface area contributed by atoms with Crippen LogP contribution in [0.15, 0.2) is 47.9 Å². The van der Waals surface area contributed by atoms with Gasteiger partial charge in [-0.1, -0.05) is 44.1 Å². The lowest BCUT2D eigenvalue weighted by molar-refractivity contribution is -0.427. The average Bonchev–Trinajstić information content (AvgIpc) is 2.63. The largest absolute Gasteiger partial charge is 0.291 e. The number of unbranched alkanes of at least 4 members (excludes halogenated alkanes) is 5. The van der Waals surface area contributed by atoms with Gasteiger partial charge in [0.05, 0.1) is 22.7 Å². The molecule has 0 aliphatic rings. The molecule has 0 aliphatic carbocycles. The number of nitro groups is 2. The van der Waals surface area contributed by atoms with Crippen molar-refractivity contribution >= 4 is 6.29 Å². The molecule has 0 rings (SSSR count). The van der Waals surface area contributed by atoms with Crippen molar-refractivity contribution in [3.8, 4) is 0 Å². The fourth-order valence-electron chi connectivity index (χ4n) is 2.30. The molecular weight excluding hydrogens is 348 g/mol. The topological polar surface area (TPSA) is 103 Å². The molecule has 7 nitrogen and oxygen atoms in total. The summed E-state index contributed by atoms with van der Waals surface area (Å²) in [4.78, 5) is 31.3. The lowest BCUT2D eigenvalue weighted by Crippen LogP contribution is -1.98. The minimum atomic E-state index is -0.399. The van der Waals surface area contributed by atoms with Crippen molar-refractivity contribution in [3.63, 3.8) is 0 Å². The van der Waals surface area contributed by atoms with Crippen molar-refractivity contribution in [1.82, 2.24) is 0 Å². The van der Waals surface area contributed by atoms with Gasteiger partial charge in [0.15, 0.2) is 6.29 Å². The number of nitrogens with zero attached hydrogens (tertiary/aromatic N) is 2. The Bertz CT molecular complexity index is 577. The van der Waals surface area contributed by atoms with Gasteiger partial charge in [-0.25, -0.2) is 0 Å². The summed E-state index contributed by atoms with van der Waals surface area (Å²) < 4.78 is 0. The summed E-state index contributed by atoms with van der Waals surface area (Å²) in [7, 11) is 0. The molecule has 0 heterocycles. The van der Waals surface area contributed by atoms with Gasteiger partial charge in [0.2, 0.25) is 11.4 Å². The zero-order valence-corrected chi connectivity index (χ0v) is 16.0. The summed E-state index contributed by atoms with van der Waals surface area (Å²) in [5.41, 5.74) is 0.262. The first kappa shape index (κ1) is 24.4. The minimum absolute atomic E-state index is 0.126. The Morgan fingerprint density at radius 1 is 0.852 bits per heavy atom. The lowest BCUT2D eigenvalue weighted by atomic mass is 10.1. The second-order valence-corrected chi connectivity index (χ2v) is 6.00. The standard InChI is InChI=1S/C20H29N2O5/c1-2-3-9-14-19(21(24)25)16-11-8-12-17-20(22(26)27)15-10-6-4-5-7-13-18-23/h3,8-9,12,15-16H,2,4-7,10-11,13-14,17H2,1H3/b9-3+,12-8+,19-16-,20-15-. The SMILES string of the molecule is CC/C=C/C/C(=C/C/C=C/C/C(=C/CCCCCC[C]=O)[N+](=O)[O-])[N+](=O)[O-]. The van der Waals surface area contributed by atoms with Crippen LogP contribution >= 0.6 is 0 Å². The van der Waals surface area contributed by atoms with E-state index >= 15 is 0 Å². The van der Waals surface area contributed by atoms with E-state index in [4.69, 9.17) is 0 Å². The van der Waals surface area contributed by atoms with Crippen LogP contribution in [0.4, 0.5) is 0 Å². The molecule has 0 aromatic carbocycles. The van der Waals surface area contributed by atoms with Crippen LogP contribution in [0.3, 0.4) is 0 Å². The highest BCUT2D eigenvalue weighted by atomic mass is 16.6. The van der Waals surface area contributed by atoms with Crippen molar-refractivity contribution in [2.45, 2.75) is 71.1 Å². The minimum Gasteiger partial charge on any atom is -0.291 e. The molecular formula is C20H29N2O5. The lowest BCUT2D eigenvalue weighted by Gasteiger charge is -1.97. The zero-order valence-electron chi connectivity index (χ0n) is 16.0. The van der Waals surface area contributed by atoms with Gasteiger partial charge in [-0.3, -0.25) is 25.0 Å². The molecule has 0 N–H and O–H groups in total. The van der Waals surface area contributed by atoms with E-state index in [0.29, 0.717) is 19.3 Å². The van der Waals surface area contributed by atoms with E-state index in [1.165, 1.54) is 6.08 Å². The van der Waals surface area contributed by atoms with Crippen LogP contribution in [-0.2, 0) is 4.79 Å². The predicted octanol–water partition coefficient (Wildman–Crippen LogP) is 5.45. The van der Waals surface area contributed by atoms with E-state index in [1.807, 2.05) is 19.3 Å². The van der Waals surface area contributed by atoms with Crippen molar-refractivity contribution in [1.29, 1.82) is 0 Å². The zero-order chi connectivity index (χ0) is 20.3. The van der Waals surface area contributed by atoms with Gasteiger partial charge >= 0.3 is 0 Å². The number of hydrogen-bond donors (Lipinski definition) is 0. The number of carbonyl (C=O) groups excluding carboxylic acids is 1. The van der Waals surface area contributed by atoms with Crippen LogP contribution in [0.2, 0.25) is 0 Å². The first-order chi connectivity index (χ1) is 13.0. The first-order valence-corrected chi connectivity index (χ1v) is 9.34. The van der Waals surface area contributed by atoms with Crippen molar-refractivity contribution in [3.05, 3.63) is 68.1 Å². The van der Waals surface area contributed by atoms with E-state index in [1.54, 1.807) is 24.3 Å². The van der Waals surface area contributed by atoms with E-state index in [9.17, 15) is 25.0 Å². The van der Waals surface area contributed by atoms with Crippen LogP contribution in [0.5, 0.6) is 0 Å². The molecule has 0 atom stereocenters. The summed E-state index contributed by atoms with van der Waals surface area (Å²) in [6.07, 6.45) is 18.3. The molecule has 27 heavy (non-hydrogen) atoms. The molecule has 0 spiro atoms. The third kappa shape index (κ3) is 14.3. The van der Waals surface area contributed by atoms with Crippen LogP contribution in [0.1, 0.15) is 71.1 Å². The normalized spacial score (nSPS) is 12.8. The highest BCUT2D eigenvalue weighted by Crippen LogP contribution is 2.11. The molecule has 1 radical (unpaired) electrons. The van der Waals surface area contributed by atoms with Gasteiger partial charge in [-0.15, -0.1) is 0 Å². The Balaban J connectivity index is 4.38. The van der Waals surface area contributed by atoms with Crippen LogP contribution < -0.4 is 0 Å². The van der Waals surface area contributed by atoms with E-state index in [-0.39, 0.29) is 29.2 Å². The third-order valence-corrected chi connectivity index (χ3v) is 3.79. The smallest absolute Gasteiger partial charge is 0.246 e. The number of rotatable bonds is 16. The van der Waals surface area contributed by atoms with Crippen LogP contribution in [0.25, 0.3) is 0 Å². The van der Waals surface area contributed by atoms with Crippen molar-refractivity contribution in [2.24, 2.45) is 0 Å². The highest BCUT2D eigenvalue weighted by molar-refractivity contribution is 5.50. The summed E-state index contributed by atoms with van der Waals surface area (Å²) in [6, 6.07) is 0. The van der Waals surface area contributed by atoms with E-state index < -0.39 is 4.92 Å². The second kappa shape index (κ2) is 16.9. The van der Waals surface area contributed by atoms with E-state index in [0.717, 1.165) is 32.1 Å². The maximum Gasteiger partial charge on any atom is 0.246 e. The Labute approximate surface area is 160 Å². The highest BCUT2D eigenvalue weighted by Gasteiger charge is 2.08. The Morgan fingerprint density at radius 3 is 2.04 bits per heavy atom. The molecule has 0 aliphatic heterocycles. The molecule has 0 aromatic heterocycles. The second-order valence-electron chi connectivity index (χ2n) is 6.00. The maximum atomic E-state index is 11.1. The van der Waals surface area contributed by atoms with Crippen molar-refractivity contribution in [2.75, 3.05) is 0 Å². The Hall–Kier alpha value is -2.57. The molecule has 149 valence electrons. The molecule has 0 saturated carbocycles. The molecule has 0 unspecified atom stereocenters. The molecule has 0 aromatic rings. The fraction of sp³-hybridized carbons (Fsp3) is 0.550. The summed E-state index contributed by atoms with van der Waals surface area (Å²) in [5.74, 6) is 0.